The van der Waals surface area contributed by atoms with Gasteiger partial charge in [-0.25, -0.2) is 8.42 Å². The number of benzene rings is 1. The molecule has 1 unspecified atom stereocenters. The van der Waals surface area contributed by atoms with Crippen LogP contribution in [0.15, 0.2) is 29.2 Å². The van der Waals surface area contributed by atoms with Crippen molar-refractivity contribution in [3.8, 4) is 0 Å². The third-order valence-corrected chi connectivity index (χ3v) is 6.11. The molecule has 5 nitrogen and oxygen atoms in total. The molecule has 6 heteroatoms. The highest BCUT2D eigenvalue weighted by Crippen LogP contribution is 2.38. The SMILES string of the molecule is O=C(O)C1CCN(C2CS(=O)(=O)c3ccccc32)CC1. The second kappa shape index (κ2) is 4.86. The van der Waals surface area contributed by atoms with E-state index in [0.29, 0.717) is 30.8 Å². The van der Waals surface area contributed by atoms with Gasteiger partial charge >= 0.3 is 5.97 Å². The summed E-state index contributed by atoms with van der Waals surface area (Å²) in [7, 11) is -3.19. The number of aliphatic carboxylic acids is 1. The molecule has 1 aromatic rings. The molecule has 0 aromatic heterocycles. The number of carboxylic acid groups (broad SMARTS) is 1. The first kappa shape index (κ1) is 13.6. The van der Waals surface area contributed by atoms with E-state index in [0.717, 1.165) is 5.56 Å². The van der Waals surface area contributed by atoms with Crippen LogP contribution < -0.4 is 0 Å². The number of rotatable bonds is 2. The highest BCUT2D eigenvalue weighted by molar-refractivity contribution is 7.91. The summed E-state index contributed by atoms with van der Waals surface area (Å²) in [5.74, 6) is -0.923. The summed E-state index contributed by atoms with van der Waals surface area (Å²) in [5, 5.41) is 9.02. The monoisotopic (exact) mass is 295 g/mol. The van der Waals surface area contributed by atoms with Crippen molar-refractivity contribution < 1.29 is 18.3 Å². The maximum absolute atomic E-state index is 12.2. The topological polar surface area (TPSA) is 74.7 Å². The summed E-state index contributed by atoms with van der Waals surface area (Å²) in [5.41, 5.74) is 0.862. The second-order valence-electron chi connectivity index (χ2n) is 5.48. The molecule has 3 rings (SSSR count). The second-order valence-corrected chi connectivity index (χ2v) is 7.49. The molecule has 0 bridgehead atoms. The predicted octanol–water partition coefficient (Wildman–Crippen LogP) is 1.31. The smallest absolute Gasteiger partial charge is 0.306 e. The van der Waals surface area contributed by atoms with Crippen LogP contribution in [-0.4, -0.2) is 43.2 Å². The molecule has 0 saturated carbocycles. The van der Waals surface area contributed by atoms with Crippen LogP contribution in [0.25, 0.3) is 0 Å². The molecule has 0 aliphatic carbocycles. The summed E-state index contributed by atoms with van der Waals surface area (Å²) >= 11 is 0. The number of likely N-dealkylation sites (tertiary alicyclic amines) is 1. The lowest BCUT2D eigenvalue weighted by Crippen LogP contribution is -2.39. The molecule has 0 spiro atoms. The van der Waals surface area contributed by atoms with Gasteiger partial charge in [0, 0.05) is 0 Å². The van der Waals surface area contributed by atoms with E-state index < -0.39 is 15.8 Å². The molecular weight excluding hydrogens is 278 g/mol. The zero-order valence-corrected chi connectivity index (χ0v) is 11.8. The Labute approximate surface area is 118 Å². The fourth-order valence-corrected chi connectivity index (χ4v) is 5.02. The summed E-state index contributed by atoms with van der Waals surface area (Å²) < 4.78 is 24.3. The van der Waals surface area contributed by atoms with Crippen molar-refractivity contribution in [3.05, 3.63) is 29.8 Å². The Morgan fingerprint density at radius 2 is 1.85 bits per heavy atom. The lowest BCUT2D eigenvalue weighted by molar-refractivity contribution is -0.143. The van der Waals surface area contributed by atoms with Crippen molar-refractivity contribution in [3.63, 3.8) is 0 Å². The Kier molecular flexibility index (Phi) is 3.30. The van der Waals surface area contributed by atoms with Gasteiger partial charge in [-0.1, -0.05) is 18.2 Å². The molecule has 108 valence electrons. The van der Waals surface area contributed by atoms with E-state index in [1.807, 2.05) is 12.1 Å². The van der Waals surface area contributed by atoms with Gasteiger partial charge in [0.1, 0.15) is 0 Å². The van der Waals surface area contributed by atoms with Gasteiger partial charge in [-0.2, -0.15) is 0 Å². The van der Waals surface area contributed by atoms with Gasteiger partial charge in [0.05, 0.1) is 22.6 Å². The standard InChI is InChI=1S/C14H17NO4S/c16-14(17)10-5-7-15(8-6-10)12-9-20(18,19)13-4-2-1-3-11(12)13/h1-4,10,12H,5-9H2,(H,16,17). The maximum atomic E-state index is 12.2. The number of piperidine rings is 1. The molecule has 0 amide bonds. The van der Waals surface area contributed by atoms with Crippen LogP contribution in [0.4, 0.5) is 0 Å². The van der Waals surface area contributed by atoms with Crippen molar-refractivity contribution in [2.24, 2.45) is 5.92 Å². The van der Waals surface area contributed by atoms with Crippen LogP contribution in [0.5, 0.6) is 0 Å². The van der Waals surface area contributed by atoms with E-state index in [1.54, 1.807) is 12.1 Å². The third kappa shape index (κ3) is 2.23. The van der Waals surface area contributed by atoms with Crippen LogP contribution in [0.3, 0.4) is 0 Å². The summed E-state index contributed by atoms with van der Waals surface area (Å²) in [4.78, 5) is 13.5. The van der Waals surface area contributed by atoms with E-state index >= 15 is 0 Å². The molecule has 2 aliphatic heterocycles. The number of carboxylic acids is 1. The zero-order valence-electron chi connectivity index (χ0n) is 11.0. The predicted molar refractivity (Wildman–Crippen MR) is 73.2 cm³/mol. The van der Waals surface area contributed by atoms with Gasteiger partial charge in [0.2, 0.25) is 0 Å². The molecule has 1 atom stereocenters. The van der Waals surface area contributed by atoms with Crippen LogP contribution in [0.2, 0.25) is 0 Å². The highest BCUT2D eigenvalue weighted by Gasteiger charge is 2.39. The van der Waals surface area contributed by atoms with Crippen LogP contribution in [0.1, 0.15) is 24.4 Å². The molecule has 0 radical (unpaired) electrons. The molecule has 1 N–H and O–H groups in total. The van der Waals surface area contributed by atoms with Crippen molar-refractivity contribution >= 4 is 15.8 Å². The van der Waals surface area contributed by atoms with Crippen molar-refractivity contribution in [2.45, 2.75) is 23.8 Å². The fourth-order valence-electron chi connectivity index (χ4n) is 3.19. The Hall–Kier alpha value is -1.40. The van der Waals surface area contributed by atoms with Gasteiger partial charge in [-0.3, -0.25) is 9.69 Å². The van der Waals surface area contributed by atoms with E-state index in [4.69, 9.17) is 5.11 Å². The van der Waals surface area contributed by atoms with Gasteiger partial charge in [0.15, 0.2) is 9.84 Å². The number of nitrogens with zero attached hydrogens (tertiary/aromatic N) is 1. The summed E-state index contributed by atoms with van der Waals surface area (Å²) in [6.45, 7) is 1.29. The number of hydrogen-bond donors (Lipinski definition) is 1. The molecule has 1 fully saturated rings. The largest absolute Gasteiger partial charge is 0.481 e. The van der Waals surface area contributed by atoms with Gasteiger partial charge in [0.25, 0.3) is 0 Å². The van der Waals surface area contributed by atoms with Crippen LogP contribution in [-0.2, 0) is 14.6 Å². The van der Waals surface area contributed by atoms with Crippen molar-refractivity contribution in [2.75, 3.05) is 18.8 Å². The minimum atomic E-state index is -3.19. The molecule has 2 aliphatic rings. The fraction of sp³-hybridized carbons (Fsp3) is 0.500. The van der Waals surface area contributed by atoms with Crippen LogP contribution in [0, 0.1) is 5.92 Å². The van der Waals surface area contributed by atoms with Crippen LogP contribution >= 0.6 is 0 Å². The molecular formula is C14H17NO4S. The number of fused-ring (bicyclic) bond motifs is 1. The molecule has 1 saturated heterocycles. The Bertz CT molecular complexity index is 632. The minimum absolute atomic E-state index is 0.115. The van der Waals surface area contributed by atoms with Crippen molar-refractivity contribution in [1.29, 1.82) is 0 Å². The summed E-state index contributed by atoms with van der Waals surface area (Å²) in [6, 6.07) is 7.01. The van der Waals surface area contributed by atoms with Gasteiger partial charge in [-0.05, 0) is 37.6 Å². The summed E-state index contributed by atoms with van der Waals surface area (Å²) in [6.07, 6.45) is 1.18. The lowest BCUT2D eigenvalue weighted by Gasteiger charge is -2.34. The molecule has 1 aromatic carbocycles. The Balaban J connectivity index is 1.82. The highest BCUT2D eigenvalue weighted by atomic mass is 32.2. The maximum Gasteiger partial charge on any atom is 0.306 e. The first-order valence-corrected chi connectivity index (χ1v) is 8.43. The zero-order chi connectivity index (χ0) is 14.3. The average molecular weight is 295 g/mol. The van der Waals surface area contributed by atoms with E-state index in [1.165, 1.54) is 0 Å². The Morgan fingerprint density at radius 1 is 1.20 bits per heavy atom. The molecule has 20 heavy (non-hydrogen) atoms. The van der Waals surface area contributed by atoms with E-state index in [2.05, 4.69) is 4.90 Å². The number of carbonyl (C=O) groups is 1. The van der Waals surface area contributed by atoms with E-state index in [9.17, 15) is 13.2 Å². The normalized spacial score (nSPS) is 26.3. The average Bonchev–Trinajstić information content (AvgIpc) is 2.72. The third-order valence-electron chi connectivity index (χ3n) is 4.31. The van der Waals surface area contributed by atoms with Gasteiger partial charge < -0.3 is 5.11 Å². The van der Waals surface area contributed by atoms with Crippen molar-refractivity contribution in [1.82, 2.24) is 4.90 Å². The van der Waals surface area contributed by atoms with E-state index in [-0.39, 0.29) is 17.7 Å². The first-order chi connectivity index (χ1) is 9.49. The quantitative estimate of drug-likeness (QED) is 0.890. The number of hydrogen-bond acceptors (Lipinski definition) is 4. The molecule has 2 heterocycles. The number of sulfone groups is 1. The lowest BCUT2D eigenvalue weighted by atomic mass is 9.95. The Morgan fingerprint density at radius 3 is 2.50 bits per heavy atom. The van der Waals surface area contributed by atoms with Gasteiger partial charge in [-0.15, -0.1) is 0 Å². The minimum Gasteiger partial charge on any atom is -0.481 e. The first-order valence-electron chi connectivity index (χ1n) is 6.77.